The number of amides is 2. The van der Waals surface area contributed by atoms with Crippen LogP contribution in [0.25, 0.3) is 0 Å². The van der Waals surface area contributed by atoms with Gasteiger partial charge in [-0.1, -0.05) is 29.3 Å². The lowest BCUT2D eigenvalue weighted by atomic mass is 10.2. The molecule has 92 valence electrons. The number of nitrogens with zero attached hydrogens (tertiary/aromatic N) is 1. The lowest BCUT2D eigenvalue weighted by Gasteiger charge is -2.20. The summed E-state index contributed by atoms with van der Waals surface area (Å²) in [5, 5.41) is 1.13. The first-order chi connectivity index (χ1) is 8.58. The molecule has 0 fully saturated rings. The fourth-order valence-corrected chi connectivity index (χ4v) is 1.92. The van der Waals surface area contributed by atoms with Crippen molar-refractivity contribution in [2.75, 3.05) is 4.90 Å². The van der Waals surface area contributed by atoms with Crippen LogP contribution in [-0.4, -0.2) is 6.03 Å². The van der Waals surface area contributed by atoms with Gasteiger partial charge in [-0.25, -0.2) is 4.79 Å². The summed E-state index contributed by atoms with van der Waals surface area (Å²) < 4.78 is 0. The first-order valence-corrected chi connectivity index (χ1v) is 5.94. The highest BCUT2D eigenvalue weighted by Crippen LogP contribution is 2.28. The molecule has 0 bridgehead atoms. The van der Waals surface area contributed by atoms with Gasteiger partial charge in [-0.15, -0.1) is 0 Å². The third-order valence-corrected chi connectivity index (χ3v) is 2.86. The molecule has 2 rings (SSSR count). The molecule has 2 amide bonds. The summed E-state index contributed by atoms with van der Waals surface area (Å²) in [5.41, 5.74) is 6.64. The van der Waals surface area contributed by atoms with Crippen LogP contribution < -0.4 is 10.6 Å². The van der Waals surface area contributed by atoms with Gasteiger partial charge in [0.2, 0.25) is 0 Å². The number of primary amides is 1. The number of rotatable bonds is 2. The average Bonchev–Trinajstić information content (AvgIpc) is 2.32. The molecule has 2 aromatic rings. The number of hydrogen-bond donors (Lipinski definition) is 1. The average molecular weight is 281 g/mol. The Kier molecular flexibility index (Phi) is 3.75. The van der Waals surface area contributed by atoms with Crippen molar-refractivity contribution in [2.45, 2.75) is 0 Å². The molecule has 2 aromatic carbocycles. The molecule has 0 unspecified atom stereocenters. The molecule has 0 aliphatic carbocycles. The maximum absolute atomic E-state index is 11.6. The number of carbonyl (C=O) groups excluding carboxylic acids is 1. The Balaban J connectivity index is 2.46. The number of carbonyl (C=O) groups is 1. The first kappa shape index (κ1) is 12.7. The predicted molar refractivity (Wildman–Crippen MR) is 74.6 cm³/mol. The van der Waals surface area contributed by atoms with Crippen LogP contribution in [-0.2, 0) is 0 Å². The molecule has 0 atom stereocenters. The Bertz CT molecular complexity index is 569. The summed E-state index contributed by atoms with van der Waals surface area (Å²) in [6, 6.07) is 13.1. The minimum Gasteiger partial charge on any atom is -0.351 e. The van der Waals surface area contributed by atoms with Crippen molar-refractivity contribution in [1.29, 1.82) is 0 Å². The van der Waals surface area contributed by atoms with E-state index >= 15 is 0 Å². The Hall–Kier alpha value is -1.71. The van der Waals surface area contributed by atoms with E-state index in [-0.39, 0.29) is 0 Å². The van der Waals surface area contributed by atoms with Gasteiger partial charge in [-0.2, -0.15) is 0 Å². The van der Waals surface area contributed by atoms with Gasteiger partial charge >= 0.3 is 6.03 Å². The number of nitrogens with two attached hydrogens (primary N) is 1. The fraction of sp³-hybridized carbons (Fsp3) is 0. The van der Waals surface area contributed by atoms with E-state index in [1.165, 1.54) is 4.90 Å². The quantitative estimate of drug-likeness (QED) is 0.880. The Morgan fingerprint density at radius 3 is 2.17 bits per heavy atom. The van der Waals surface area contributed by atoms with Crippen LogP contribution in [0.15, 0.2) is 48.5 Å². The summed E-state index contributed by atoms with van der Waals surface area (Å²) >= 11 is 11.7. The van der Waals surface area contributed by atoms with Crippen LogP contribution >= 0.6 is 23.2 Å². The molecular weight excluding hydrogens is 271 g/mol. The molecule has 2 N–H and O–H groups in total. The summed E-state index contributed by atoms with van der Waals surface area (Å²) in [6.45, 7) is 0. The SMILES string of the molecule is NC(=O)N(c1ccc(Cl)cc1)c1cccc(Cl)c1. The second kappa shape index (κ2) is 5.29. The van der Waals surface area contributed by atoms with E-state index in [9.17, 15) is 4.79 Å². The summed E-state index contributed by atoms with van der Waals surface area (Å²) in [6.07, 6.45) is 0. The molecule has 0 saturated carbocycles. The first-order valence-electron chi connectivity index (χ1n) is 5.18. The Morgan fingerprint density at radius 1 is 0.944 bits per heavy atom. The van der Waals surface area contributed by atoms with Crippen LogP contribution in [0.4, 0.5) is 16.2 Å². The number of hydrogen-bond acceptors (Lipinski definition) is 1. The van der Waals surface area contributed by atoms with Crippen molar-refractivity contribution in [3.05, 3.63) is 58.6 Å². The van der Waals surface area contributed by atoms with Gasteiger partial charge in [0, 0.05) is 10.0 Å². The molecule has 18 heavy (non-hydrogen) atoms. The molecule has 5 heteroatoms. The van der Waals surface area contributed by atoms with Gasteiger partial charge in [0.05, 0.1) is 11.4 Å². The molecule has 0 aliphatic rings. The van der Waals surface area contributed by atoms with Crippen molar-refractivity contribution in [2.24, 2.45) is 5.73 Å². The molecule has 0 spiro atoms. The molecule has 0 aliphatic heterocycles. The standard InChI is InChI=1S/C13H10Cl2N2O/c14-9-4-6-11(7-5-9)17(13(16)18)12-3-1-2-10(15)8-12/h1-8H,(H2,16,18). The highest BCUT2D eigenvalue weighted by molar-refractivity contribution is 6.31. The minimum absolute atomic E-state index is 0.535. The van der Waals surface area contributed by atoms with E-state index in [1.807, 2.05) is 0 Å². The minimum atomic E-state index is -0.584. The van der Waals surface area contributed by atoms with Crippen molar-refractivity contribution >= 4 is 40.6 Å². The predicted octanol–water partition coefficient (Wildman–Crippen LogP) is 4.21. The van der Waals surface area contributed by atoms with Crippen LogP contribution in [0.3, 0.4) is 0 Å². The highest BCUT2D eigenvalue weighted by Gasteiger charge is 2.14. The van der Waals surface area contributed by atoms with Crippen molar-refractivity contribution < 1.29 is 4.79 Å². The normalized spacial score (nSPS) is 10.1. The van der Waals surface area contributed by atoms with Crippen LogP contribution in [0.1, 0.15) is 0 Å². The highest BCUT2D eigenvalue weighted by atomic mass is 35.5. The lowest BCUT2D eigenvalue weighted by Crippen LogP contribution is -2.31. The van der Waals surface area contributed by atoms with Gasteiger partial charge in [-0.05, 0) is 42.5 Å². The monoisotopic (exact) mass is 280 g/mol. The van der Waals surface area contributed by atoms with E-state index in [0.717, 1.165) is 0 Å². The van der Waals surface area contributed by atoms with Gasteiger partial charge < -0.3 is 5.73 Å². The smallest absolute Gasteiger partial charge is 0.323 e. The van der Waals surface area contributed by atoms with Gasteiger partial charge in [0.25, 0.3) is 0 Å². The Labute approximate surface area is 115 Å². The van der Waals surface area contributed by atoms with E-state index in [1.54, 1.807) is 48.5 Å². The van der Waals surface area contributed by atoms with Crippen molar-refractivity contribution in [3.63, 3.8) is 0 Å². The van der Waals surface area contributed by atoms with Crippen LogP contribution in [0, 0.1) is 0 Å². The Morgan fingerprint density at radius 2 is 1.61 bits per heavy atom. The topological polar surface area (TPSA) is 46.3 Å². The van der Waals surface area contributed by atoms with Crippen LogP contribution in [0.2, 0.25) is 10.0 Å². The summed E-state index contributed by atoms with van der Waals surface area (Å²) in [5.74, 6) is 0. The zero-order valence-electron chi connectivity index (χ0n) is 9.31. The van der Waals surface area contributed by atoms with E-state index in [4.69, 9.17) is 28.9 Å². The van der Waals surface area contributed by atoms with E-state index in [2.05, 4.69) is 0 Å². The maximum Gasteiger partial charge on any atom is 0.323 e. The second-order valence-corrected chi connectivity index (χ2v) is 4.50. The van der Waals surface area contributed by atoms with Crippen molar-refractivity contribution in [3.8, 4) is 0 Å². The maximum atomic E-state index is 11.6. The molecule has 0 aromatic heterocycles. The molecule has 3 nitrogen and oxygen atoms in total. The lowest BCUT2D eigenvalue weighted by molar-refractivity contribution is 0.256. The zero-order chi connectivity index (χ0) is 13.1. The molecule has 0 radical (unpaired) electrons. The van der Waals surface area contributed by atoms with Crippen molar-refractivity contribution in [1.82, 2.24) is 0 Å². The van der Waals surface area contributed by atoms with Gasteiger partial charge in [0.1, 0.15) is 0 Å². The zero-order valence-corrected chi connectivity index (χ0v) is 10.8. The molecule has 0 saturated heterocycles. The number of urea groups is 1. The summed E-state index contributed by atoms with van der Waals surface area (Å²) in [4.78, 5) is 12.9. The fourth-order valence-electron chi connectivity index (χ4n) is 1.61. The molecular formula is C13H10Cl2N2O. The number of benzene rings is 2. The second-order valence-electron chi connectivity index (χ2n) is 3.63. The third-order valence-electron chi connectivity index (χ3n) is 2.37. The number of halogens is 2. The van der Waals surface area contributed by atoms with E-state index in [0.29, 0.717) is 21.4 Å². The van der Waals surface area contributed by atoms with E-state index < -0.39 is 6.03 Å². The van der Waals surface area contributed by atoms with Crippen LogP contribution in [0.5, 0.6) is 0 Å². The van der Waals surface area contributed by atoms with Gasteiger partial charge in [-0.3, -0.25) is 4.90 Å². The molecule has 0 heterocycles. The summed E-state index contributed by atoms with van der Waals surface area (Å²) in [7, 11) is 0. The largest absolute Gasteiger partial charge is 0.351 e. The number of anilines is 2. The van der Waals surface area contributed by atoms with Gasteiger partial charge in [0.15, 0.2) is 0 Å². The third kappa shape index (κ3) is 2.75.